The number of rotatable bonds is 3. The lowest BCUT2D eigenvalue weighted by atomic mass is 10.1. The van der Waals surface area contributed by atoms with Crippen LogP contribution in [0.1, 0.15) is 20.8 Å². The maximum atomic E-state index is 12.6. The van der Waals surface area contributed by atoms with E-state index in [9.17, 15) is 22.4 Å². The van der Waals surface area contributed by atoms with Gasteiger partial charge in [0, 0.05) is 6.92 Å². The van der Waals surface area contributed by atoms with Gasteiger partial charge in [-0.05, 0) is 13.8 Å². The van der Waals surface area contributed by atoms with Crippen LogP contribution >= 0.6 is 0 Å². The zero-order valence-electron chi connectivity index (χ0n) is 13.2. The summed E-state index contributed by atoms with van der Waals surface area (Å²) in [6.07, 6.45) is -6.50. The van der Waals surface area contributed by atoms with E-state index in [1.807, 2.05) is 0 Å². The van der Waals surface area contributed by atoms with Crippen molar-refractivity contribution in [2.45, 2.75) is 62.8 Å². The van der Waals surface area contributed by atoms with Gasteiger partial charge in [0.2, 0.25) is 0 Å². The number of hydrogen-bond donors (Lipinski definition) is 3. The van der Waals surface area contributed by atoms with Gasteiger partial charge in [-0.2, -0.15) is 8.78 Å². The van der Waals surface area contributed by atoms with Gasteiger partial charge in [0.25, 0.3) is 5.92 Å². The average molecular weight is 364 g/mol. The van der Waals surface area contributed by atoms with Gasteiger partial charge in [-0.25, -0.2) is 13.6 Å². The fourth-order valence-electron chi connectivity index (χ4n) is 1.97. The molecule has 2 aliphatic heterocycles. The van der Waals surface area contributed by atoms with E-state index in [1.165, 1.54) is 0 Å². The molecule has 4 atom stereocenters. The molecule has 0 aromatic rings. The van der Waals surface area contributed by atoms with E-state index in [4.69, 9.17) is 24.8 Å². The van der Waals surface area contributed by atoms with Gasteiger partial charge in [-0.3, -0.25) is 0 Å². The summed E-state index contributed by atoms with van der Waals surface area (Å²) in [6, 6.07) is 0. The third-order valence-corrected chi connectivity index (χ3v) is 3.34. The summed E-state index contributed by atoms with van der Waals surface area (Å²) >= 11 is 0. The van der Waals surface area contributed by atoms with Crippen molar-refractivity contribution in [3.8, 4) is 0 Å². The highest BCUT2D eigenvalue weighted by Gasteiger charge is 2.59. The van der Waals surface area contributed by atoms with Gasteiger partial charge < -0.3 is 29.5 Å². The van der Waals surface area contributed by atoms with Crippen molar-refractivity contribution < 1.29 is 51.9 Å². The molecule has 0 amide bonds. The van der Waals surface area contributed by atoms with Gasteiger partial charge >= 0.3 is 11.9 Å². The molecule has 2 fully saturated rings. The van der Waals surface area contributed by atoms with Crippen LogP contribution in [-0.4, -0.2) is 76.6 Å². The number of alkyl halides is 4. The van der Waals surface area contributed by atoms with Gasteiger partial charge in [-0.15, -0.1) is 0 Å². The van der Waals surface area contributed by atoms with E-state index in [0.717, 1.165) is 0 Å². The van der Waals surface area contributed by atoms with Crippen molar-refractivity contribution in [2.24, 2.45) is 0 Å². The first-order chi connectivity index (χ1) is 10.7. The molecular formula is C13H20F4O7. The molecule has 0 aromatic carbocycles. The highest BCUT2D eigenvalue weighted by molar-refractivity contribution is 5.81. The van der Waals surface area contributed by atoms with Crippen molar-refractivity contribution in [1.29, 1.82) is 0 Å². The fraction of sp³-hybridized carbons (Fsp3) is 0.923. The molecule has 0 saturated carbocycles. The number of carbonyl (C=O) groups is 1. The average Bonchev–Trinajstić information content (AvgIpc) is 2.90. The van der Waals surface area contributed by atoms with E-state index in [2.05, 4.69) is 4.74 Å². The Hall–Kier alpha value is -1.01. The van der Waals surface area contributed by atoms with E-state index in [0.29, 0.717) is 6.92 Å². The largest absolute Gasteiger partial charge is 0.452 e. The topological polar surface area (TPSA) is 105 Å². The summed E-state index contributed by atoms with van der Waals surface area (Å²) in [7, 11) is 0. The third kappa shape index (κ3) is 4.76. The maximum Gasteiger partial charge on any atom is 0.380 e. The molecular weight excluding hydrogens is 344 g/mol. The van der Waals surface area contributed by atoms with Gasteiger partial charge in [-0.1, -0.05) is 0 Å². The lowest BCUT2D eigenvalue weighted by molar-refractivity contribution is -0.183. The number of carbonyl (C=O) groups excluding carboxylic acids is 1. The number of ether oxygens (including phenoxy) is 3. The molecule has 0 aromatic heterocycles. The molecule has 2 saturated heterocycles. The molecule has 7 nitrogen and oxygen atoms in total. The van der Waals surface area contributed by atoms with Crippen LogP contribution in [0, 0.1) is 0 Å². The summed E-state index contributed by atoms with van der Waals surface area (Å²) in [6.45, 7) is 3.09. The predicted molar refractivity (Wildman–Crippen MR) is 69.5 cm³/mol. The van der Waals surface area contributed by atoms with E-state index in [1.54, 1.807) is 13.8 Å². The van der Waals surface area contributed by atoms with Crippen LogP contribution < -0.4 is 0 Å². The van der Waals surface area contributed by atoms with Gasteiger partial charge in [0.1, 0.15) is 12.2 Å². The molecule has 24 heavy (non-hydrogen) atoms. The summed E-state index contributed by atoms with van der Waals surface area (Å²) in [5.74, 6) is -9.71. The second kappa shape index (κ2) is 7.08. The second-order valence-corrected chi connectivity index (χ2v) is 5.96. The standard InChI is InChI=1S/C8H14F2O3.C5H6F2O4/c1-7(2)12-4-5(13-7)6(11)8(3,9)10;6-5(7)3(9)2(1-8)11-4(5)10/h5-6,11H,4H2,1-3H3;2-3,8-9H,1H2/t5-,6-;/m1./s1. The molecule has 2 heterocycles. The van der Waals surface area contributed by atoms with Crippen molar-refractivity contribution in [2.75, 3.05) is 13.2 Å². The van der Waals surface area contributed by atoms with Crippen LogP contribution in [0.2, 0.25) is 0 Å². The van der Waals surface area contributed by atoms with Crippen molar-refractivity contribution >= 4 is 5.97 Å². The number of aliphatic hydroxyl groups is 3. The smallest absolute Gasteiger partial charge is 0.380 e. The Kier molecular flexibility index (Phi) is 6.21. The molecule has 0 aliphatic carbocycles. The van der Waals surface area contributed by atoms with Crippen LogP contribution in [0.5, 0.6) is 0 Å². The monoisotopic (exact) mass is 364 g/mol. The maximum absolute atomic E-state index is 12.6. The normalized spacial score (nSPS) is 32.8. The number of esters is 1. The SMILES string of the molecule is CC1(C)OC[C@H]([C@@H](O)C(C)(F)F)O1.O=C1OC(CO)C(O)C1(F)F. The first-order valence-corrected chi connectivity index (χ1v) is 6.98. The molecule has 142 valence electrons. The van der Waals surface area contributed by atoms with Crippen molar-refractivity contribution in [1.82, 2.24) is 0 Å². The highest BCUT2D eigenvalue weighted by atomic mass is 19.3. The van der Waals surface area contributed by atoms with Gasteiger partial charge in [0.05, 0.1) is 13.2 Å². The minimum absolute atomic E-state index is 0.00238. The molecule has 0 radical (unpaired) electrons. The first-order valence-electron chi connectivity index (χ1n) is 6.98. The lowest BCUT2D eigenvalue weighted by Crippen LogP contribution is -2.42. The molecule has 0 bridgehead atoms. The minimum atomic E-state index is -3.88. The molecule has 3 N–H and O–H groups in total. The minimum Gasteiger partial charge on any atom is -0.452 e. The van der Waals surface area contributed by atoms with Crippen LogP contribution in [0.25, 0.3) is 0 Å². The Bertz CT molecular complexity index is 452. The summed E-state index contributed by atoms with van der Waals surface area (Å²) < 4.78 is 64.0. The quantitative estimate of drug-likeness (QED) is 0.480. The molecule has 2 unspecified atom stereocenters. The van der Waals surface area contributed by atoms with Crippen LogP contribution in [-0.2, 0) is 19.0 Å². The van der Waals surface area contributed by atoms with Crippen molar-refractivity contribution in [3.05, 3.63) is 0 Å². The Balaban J connectivity index is 0.000000243. The molecule has 0 spiro atoms. The lowest BCUT2D eigenvalue weighted by Gasteiger charge is -2.24. The van der Waals surface area contributed by atoms with Crippen LogP contribution in [0.15, 0.2) is 0 Å². The Morgan fingerprint density at radius 1 is 1.38 bits per heavy atom. The first kappa shape index (κ1) is 21.0. The van der Waals surface area contributed by atoms with Crippen LogP contribution in [0.3, 0.4) is 0 Å². The predicted octanol–water partition coefficient (Wildman–Crippen LogP) is 0.0543. The van der Waals surface area contributed by atoms with E-state index in [-0.39, 0.29) is 6.61 Å². The zero-order valence-corrected chi connectivity index (χ0v) is 13.2. The summed E-state index contributed by atoms with van der Waals surface area (Å²) in [5.41, 5.74) is 0. The van der Waals surface area contributed by atoms with E-state index >= 15 is 0 Å². The number of hydrogen-bond acceptors (Lipinski definition) is 7. The summed E-state index contributed by atoms with van der Waals surface area (Å²) in [4.78, 5) is 10.2. The Labute approximate surface area is 135 Å². The zero-order chi connectivity index (χ0) is 18.9. The molecule has 11 heteroatoms. The molecule has 2 aliphatic rings. The van der Waals surface area contributed by atoms with Crippen molar-refractivity contribution in [3.63, 3.8) is 0 Å². The summed E-state index contributed by atoms with van der Waals surface area (Å²) in [5, 5.41) is 26.1. The number of aliphatic hydroxyl groups excluding tert-OH is 3. The number of cyclic esters (lactones) is 1. The fourth-order valence-corrected chi connectivity index (χ4v) is 1.97. The number of halogens is 4. The Morgan fingerprint density at radius 3 is 2.17 bits per heavy atom. The second-order valence-electron chi connectivity index (χ2n) is 5.96. The molecule has 2 rings (SSSR count). The van der Waals surface area contributed by atoms with E-state index < -0.39 is 54.6 Å². The van der Waals surface area contributed by atoms with Crippen LogP contribution in [0.4, 0.5) is 17.6 Å². The van der Waals surface area contributed by atoms with Gasteiger partial charge in [0.15, 0.2) is 18.0 Å². The third-order valence-electron chi connectivity index (χ3n) is 3.34. The highest BCUT2D eigenvalue weighted by Crippen LogP contribution is 2.31. The Morgan fingerprint density at radius 2 is 1.92 bits per heavy atom.